The summed E-state index contributed by atoms with van der Waals surface area (Å²) in [6.07, 6.45) is 5.44. The van der Waals surface area contributed by atoms with Crippen molar-refractivity contribution >= 4 is 5.91 Å². The second-order valence-corrected chi connectivity index (χ2v) is 6.71. The Morgan fingerprint density at radius 1 is 1.38 bits per heavy atom. The quantitative estimate of drug-likeness (QED) is 0.892. The number of nitrogens with zero attached hydrogens (tertiary/aromatic N) is 2. The van der Waals surface area contributed by atoms with E-state index < -0.39 is 5.63 Å². The molecule has 0 bridgehead atoms. The van der Waals surface area contributed by atoms with Crippen molar-refractivity contribution in [2.45, 2.75) is 39.2 Å². The fourth-order valence-electron chi connectivity index (χ4n) is 3.38. The van der Waals surface area contributed by atoms with Crippen LogP contribution in [-0.4, -0.2) is 35.4 Å². The molecule has 1 aliphatic heterocycles. The van der Waals surface area contributed by atoms with Gasteiger partial charge in [0, 0.05) is 37.9 Å². The first kappa shape index (κ1) is 18.3. The number of carbonyl (C=O) groups excluding carboxylic acids is 1. The highest BCUT2D eigenvalue weighted by Crippen LogP contribution is 2.24. The predicted octanol–water partition coefficient (Wildman–Crippen LogP) is 2.47. The number of aryl methyl sites for hydroxylation is 1. The van der Waals surface area contributed by atoms with Crippen molar-refractivity contribution < 1.29 is 9.21 Å². The maximum Gasteiger partial charge on any atom is 0.349 e. The molecule has 1 atom stereocenters. The highest BCUT2D eigenvalue weighted by atomic mass is 16.4. The molecule has 1 N–H and O–H groups in total. The lowest BCUT2D eigenvalue weighted by Gasteiger charge is -2.23. The minimum Gasteiger partial charge on any atom is -0.427 e. The van der Waals surface area contributed by atoms with E-state index in [1.54, 1.807) is 17.3 Å². The Morgan fingerprint density at radius 3 is 2.77 bits per heavy atom. The highest BCUT2D eigenvalue weighted by Gasteiger charge is 2.25. The Bertz CT molecular complexity index is 811. The summed E-state index contributed by atoms with van der Waals surface area (Å²) in [5.41, 5.74) is 1.25. The minimum absolute atomic E-state index is 0.133. The van der Waals surface area contributed by atoms with Crippen molar-refractivity contribution in [1.29, 1.82) is 0 Å². The molecule has 6 nitrogen and oxygen atoms in total. The van der Waals surface area contributed by atoms with Crippen LogP contribution in [0, 0.1) is 6.92 Å². The van der Waals surface area contributed by atoms with Crippen LogP contribution < -0.4 is 10.9 Å². The van der Waals surface area contributed by atoms with Gasteiger partial charge in [-0.15, -0.1) is 0 Å². The molecule has 1 fully saturated rings. The number of amides is 1. The first-order valence-electron chi connectivity index (χ1n) is 9.13. The minimum atomic E-state index is -0.538. The van der Waals surface area contributed by atoms with Crippen LogP contribution in [0.1, 0.15) is 52.9 Å². The smallest absolute Gasteiger partial charge is 0.349 e. The molecule has 3 rings (SSSR count). The average molecular weight is 355 g/mol. The van der Waals surface area contributed by atoms with Gasteiger partial charge in [-0.05, 0) is 62.6 Å². The molecule has 1 unspecified atom stereocenters. The monoisotopic (exact) mass is 355 g/mol. The van der Waals surface area contributed by atoms with Gasteiger partial charge in [-0.25, -0.2) is 4.79 Å². The summed E-state index contributed by atoms with van der Waals surface area (Å²) >= 11 is 0. The van der Waals surface area contributed by atoms with E-state index in [0.29, 0.717) is 24.4 Å². The van der Waals surface area contributed by atoms with Gasteiger partial charge in [0.25, 0.3) is 5.91 Å². The summed E-state index contributed by atoms with van der Waals surface area (Å²) in [6.45, 7) is 6.46. The fourth-order valence-corrected chi connectivity index (χ4v) is 3.38. The topological polar surface area (TPSA) is 75.4 Å². The van der Waals surface area contributed by atoms with Gasteiger partial charge in [0.1, 0.15) is 11.3 Å². The molecule has 0 spiro atoms. The van der Waals surface area contributed by atoms with Crippen LogP contribution in [0.5, 0.6) is 0 Å². The summed E-state index contributed by atoms with van der Waals surface area (Å²) in [7, 11) is 0. The number of piperidine rings is 1. The van der Waals surface area contributed by atoms with Gasteiger partial charge in [0.05, 0.1) is 0 Å². The number of aromatic nitrogens is 1. The zero-order chi connectivity index (χ0) is 18.5. The average Bonchev–Trinajstić information content (AvgIpc) is 2.67. The number of hydrogen-bond acceptors (Lipinski definition) is 5. The predicted molar refractivity (Wildman–Crippen MR) is 99.2 cm³/mol. The SMILES string of the molecule is CCN(Cc1ccncc1)C(=O)c1c(C)cc(C2CCCNC2)oc1=O. The van der Waals surface area contributed by atoms with Crippen molar-refractivity contribution in [3.8, 4) is 0 Å². The summed E-state index contributed by atoms with van der Waals surface area (Å²) in [5, 5.41) is 3.32. The third-order valence-corrected chi connectivity index (χ3v) is 4.87. The maximum atomic E-state index is 12.9. The number of hydrogen-bond donors (Lipinski definition) is 1. The van der Waals surface area contributed by atoms with E-state index in [1.165, 1.54) is 0 Å². The molecule has 0 aromatic carbocycles. The molecule has 0 radical (unpaired) electrons. The number of nitrogens with one attached hydrogen (secondary N) is 1. The molecule has 6 heteroatoms. The Kier molecular flexibility index (Phi) is 5.83. The molecule has 3 heterocycles. The molecule has 26 heavy (non-hydrogen) atoms. The zero-order valence-corrected chi connectivity index (χ0v) is 15.3. The van der Waals surface area contributed by atoms with Gasteiger partial charge in [0.2, 0.25) is 0 Å². The van der Waals surface area contributed by atoms with Gasteiger partial charge in [-0.3, -0.25) is 9.78 Å². The molecule has 0 aliphatic carbocycles. The van der Waals surface area contributed by atoms with Crippen molar-refractivity contribution in [2.24, 2.45) is 0 Å². The Morgan fingerprint density at radius 2 is 2.15 bits per heavy atom. The number of pyridine rings is 1. The third-order valence-electron chi connectivity index (χ3n) is 4.87. The van der Waals surface area contributed by atoms with Crippen molar-refractivity contribution in [3.63, 3.8) is 0 Å². The maximum absolute atomic E-state index is 12.9. The molecule has 2 aromatic rings. The lowest BCUT2D eigenvalue weighted by molar-refractivity contribution is 0.0746. The van der Waals surface area contributed by atoms with Crippen LogP contribution in [0.15, 0.2) is 39.8 Å². The van der Waals surface area contributed by atoms with E-state index in [4.69, 9.17) is 4.42 Å². The summed E-state index contributed by atoms with van der Waals surface area (Å²) in [6, 6.07) is 5.58. The molecular formula is C20H25N3O3. The van der Waals surface area contributed by atoms with Gasteiger partial charge in [0.15, 0.2) is 0 Å². The second-order valence-electron chi connectivity index (χ2n) is 6.71. The Labute approximate surface area is 153 Å². The van der Waals surface area contributed by atoms with E-state index in [1.807, 2.05) is 32.0 Å². The second kappa shape index (κ2) is 8.27. The number of carbonyl (C=O) groups is 1. The lowest BCUT2D eigenvalue weighted by atomic mass is 9.95. The summed E-state index contributed by atoms with van der Waals surface area (Å²) in [4.78, 5) is 31.2. The lowest BCUT2D eigenvalue weighted by Crippen LogP contribution is -2.35. The number of rotatable bonds is 5. The molecule has 1 saturated heterocycles. The molecule has 0 saturated carbocycles. The molecule has 1 amide bonds. The van der Waals surface area contributed by atoms with Gasteiger partial charge >= 0.3 is 5.63 Å². The standard InChI is InChI=1S/C20H25N3O3/c1-3-23(13-15-6-9-21-10-7-15)19(24)18-14(2)11-17(26-20(18)25)16-5-4-8-22-12-16/h6-7,9-11,16,22H,3-5,8,12-13H2,1-2H3. The van der Waals surface area contributed by atoms with E-state index in [-0.39, 0.29) is 17.4 Å². The van der Waals surface area contributed by atoms with Crippen LogP contribution in [-0.2, 0) is 6.54 Å². The fraction of sp³-hybridized carbons (Fsp3) is 0.450. The van der Waals surface area contributed by atoms with Crippen LogP contribution in [0.25, 0.3) is 0 Å². The normalized spacial score (nSPS) is 17.1. The zero-order valence-electron chi connectivity index (χ0n) is 15.3. The van der Waals surface area contributed by atoms with Gasteiger partial charge in [-0.1, -0.05) is 0 Å². The summed E-state index contributed by atoms with van der Waals surface area (Å²) < 4.78 is 5.54. The summed E-state index contributed by atoms with van der Waals surface area (Å²) in [5.74, 6) is 0.579. The van der Waals surface area contributed by atoms with Crippen molar-refractivity contribution in [3.05, 3.63) is 63.5 Å². The first-order valence-corrected chi connectivity index (χ1v) is 9.13. The Balaban J connectivity index is 1.85. The van der Waals surface area contributed by atoms with Crippen LogP contribution >= 0.6 is 0 Å². The first-order chi connectivity index (χ1) is 12.6. The van der Waals surface area contributed by atoms with Crippen LogP contribution in [0.4, 0.5) is 0 Å². The molecule has 2 aromatic heterocycles. The molecular weight excluding hydrogens is 330 g/mol. The molecule has 1 aliphatic rings. The highest BCUT2D eigenvalue weighted by molar-refractivity contribution is 5.95. The Hall–Kier alpha value is -2.47. The van der Waals surface area contributed by atoms with Gasteiger partial charge in [-0.2, -0.15) is 0 Å². The van der Waals surface area contributed by atoms with Crippen molar-refractivity contribution in [1.82, 2.24) is 15.2 Å². The van der Waals surface area contributed by atoms with E-state index in [9.17, 15) is 9.59 Å². The third kappa shape index (κ3) is 4.02. The van der Waals surface area contributed by atoms with Gasteiger partial charge < -0.3 is 14.6 Å². The molecule has 138 valence electrons. The van der Waals surface area contributed by atoms with E-state index in [2.05, 4.69) is 10.3 Å². The van der Waals surface area contributed by atoms with E-state index >= 15 is 0 Å². The van der Waals surface area contributed by atoms with Crippen LogP contribution in [0.3, 0.4) is 0 Å². The van der Waals surface area contributed by atoms with E-state index in [0.717, 1.165) is 31.5 Å². The van der Waals surface area contributed by atoms with Crippen LogP contribution in [0.2, 0.25) is 0 Å². The van der Waals surface area contributed by atoms with Crippen molar-refractivity contribution in [2.75, 3.05) is 19.6 Å². The largest absolute Gasteiger partial charge is 0.427 e.